The molecule has 1 fully saturated rings. The van der Waals surface area contributed by atoms with Crippen LogP contribution in [0.4, 0.5) is 13.2 Å². The van der Waals surface area contributed by atoms with E-state index in [1.807, 2.05) is 6.92 Å². The Balaban J connectivity index is 2.32. The lowest BCUT2D eigenvalue weighted by molar-refractivity contribution is -0.141. The summed E-state index contributed by atoms with van der Waals surface area (Å²) in [6.07, 6.45) is -0.773. The van der Waals surface area contributed by atoms with Crippen molar-refractivity contribution in [3.05, 3.63) is 23.4 Å². The lowest BCUT2D eigenvalue weighted by Crippen LogP contribution is -2.30. The minimum absolute atomic E-state index is 0.0188. The molecule has 0 aliphatic heterocycles. The number of nitrogens with two attached hydrogens (primary N) is 1. The van der Waals surface area contributed by atoms with Crippen molar-refractivity contribution in [3.8, 4) is 5.88 Å². The molecule has 2 rings (SSSR count). The van der Waals surface area contributed by atoms with E-state index in [9.17, 15) is 13.2 Å². The Morgan fingerprint density at radius 3 is 2.57 bits per heavy atom. The first-order chi connectivity index (χ1) is 9.79. The zero-order valence-electron chi connectivity index (χ0n) is 11.6. The molecule has 2 unspecified atom stereocenters. The van der Waals surface area contributed by atoms with Gasteiger partial charge in [0.2, 0.25) is 5.88 Å². The van der Waals surface area contributed by atoms with Gasteiger partial charge in [-0.3, -0.25) is 0 Å². The van der Waals surface area contributed by atoms with Crippen LogP contribution in [-0.4, -0.2) is 16.1 Å². The second-order valence-electron chi connectivity index (χ2n) is 5.33. The average Bonchev–Trinajstić information content (AvgIpc) is 2.40. The summed E-state index contributed by atoms with van der Waals surface area (Å²) in [4.78, 5) is 3.56. The molecule has 2 atom stereocenters. The maximum absolute atomic E-state index is 12.8. The maximum atomic E-state index is 12.8. The highest BCUT2D eigenvalue weighted by Gasteiger charge is 2.34. The summed E-state index contributed by atoms with van der Waals surface area (Å²) in [5.41, 5.74) is 4.79. The van der Waals surface area contributed by atoms with Gasteiger partial charge in [-0.1, -0.05) is 25.6 Å². The van der Waals surface area contributed by atoms with E-state index in [1.54, 1.807) is 0 Å². The second kappa shape index (κ2) is 6.17. The maximum Gasteiger partial charge on any atom is 0.433 e. The smallest absolute Gasteiger partial charge is 0.433 e. The lowest BCUT2D eigenvalue weighted by atomic mass is 9.88. The molecule has 1 heterocycles. The van der Waals surface area contributed by atoms with Crippen molar-refractivity contribution in [2.45, 2.75) is 44.9 Å². The van der Waals surface area contributed by atoms with Crippen molar-refractivity contribution in [2.24, 2.45) is 11.7 Å². The largest absolute Gasteiger partial charge is 0.474 e. The zero-order valence-corrected chi connectivity index (χ0v) is 12.4. The van der Waals surface area contributed by atoms with Crippen molar-refractivity contribution in [3.63, 3.8) is 0 Å². The number of hydrogen-bond donors (Lipinski definition) is 1. The predicted octanol–water partition coefficient (Wildman–Crippen LogP) is 3.69. The van der Waals surface area contributed by atoms with E-state index < -0.39 is 11.9 Å². The van der Waals surface area contributed by atoms with Gasteiger partial charge in [0.25, 0.3) is 0 Å². The summed E-state index contributed by atoms with van der Waals surface area (Å²) in [5, 5.41) is 0. The fourth-order valence-corrected chi connectivity index (χ4v) is 2.63. The van der Waals surface area contributed by atoms with Crippen LogP contribution >= 0.6 is 12.2 Å². The molecule has 1 saturated carbocycles. The van der Waals surface area contributed by atoms with Crippen molar-refractivity contribution < 1.29 is 17.9 Å². The number of alkyl halides is 3. The Morgan fingerprint density at radius 2 is 2.00 bits per heavy atom. The molecule has 1 aliphatic carbocycles. The molecular formula is C14H17F3N2OS. The topological polar surface area (TPSA) is 48.1 Å². The first-order valence-electron chi connectivity index (χ1n) is 6.83. The minimum atomic E-state index is -4.52. The number of thiocarbonyl (C=S) groups is 1. The number of halogens is 3. The van der Waals surface area contributed by atoms with Crippen LogP contribution in [0, 0.1) is 5.92 Å². The lowest BCUT2D eigenvalue weighted by Gasteiger charge is -2.29. The Hall–Kier alpha value is -1.37. The number of rotatable bonds is 3. The van der Waals surface area contributed by atoms with E-state index in [4.69, 9.17) is 22.7 Å². The third kappa shape index (κ3) is 3.84. The Bertz CT molecular complexity index is 533. The average molecular weight is 318 g/mol. The van der Waals surface area contributed by atoms with Crippen LogP contribution in [0.5, 0.6) is 5.88 Å². The molecule has 21 heavy (non-hydrogen) atoms. The third-order valence-electron chi connectivity index (χ3n) is 3.71. The van der Waals surface area contributed by atoms with Gasteiger partial charge in [0.15, 0.2) is 0 Å². The molecular weight excluding hydrogens is 301 g/mol. The van der Waals surface area contributed by atoms with Gasteiger partial charge in [0.05, 0.1) is 5.56 Å². The van der Waals surface area contributed by atoms with Gasteiger partial charge in [0.1, 0.15) is 16.8 Å². The van der Waals surface area contributed by atoms with E-state index in [0.717, 1.165) is 31.7 Å². The first-order valence-corrected chi connectivity index (χ1v) is 7.24. The van der Waals surface area contributed by atoms with Crippen molar-refractivity contribution >= 4 is 17.2 Å². The van der Waals surface area contributed by atoms with Gasteiger partial charge in [0, 0.05) is 0 Å². The molecule has 3 nitrogen and oxygen atoms in total. The van der Waals surface area contributed by atoms with E-state index in [2.05, 4.69) is 4.98 Å². The number of ether oxygens (including phenoxy) is 1. The number of hydrogen-bond acceptors (Lipinski definition) is 3. The molecule has 0 saturated heterocycles. The van der Waals surface area contributed by atoms with Gasteiger partial charge < -0.3 is 10.5 Å². The Labute approximate surface area is 126 Å². The van der Waals surface area contributed by atoms with Gasteiger partial charge in [-0.05, 0) is 37.3 Å². The SMILES string of the molecule is CC1CCCCC1Oc1nc(C(F)(F)F)ccc1C(N)=S. The van der Waals surface area contributed by atoms with Crippen molar-refractivity contribution in [1.82, 2.24) is 4.98 Å². The van der Waals surface area contributed by atoms with E-state index in [0.29, 0.717) is 0 Å². The van der Waals surface area contributed by atoms with E-state index >= 15 is 0 Å². The van der Waals surface area contributed by atoms with E-state index in [1.165, 1.54) is 6.07 Å². The zero-order chi connectivity index (χ0) is 15.6. The molecule has 1 aromatic rings. The first kappa shape index (κ1) is 16.0. The monoisotopic (exact) mass is 318 g/mol. The summed E-state index contributed by atoms with van der Waals surface area (Å²) >= 11 is 4.86. The molecule has 116 valence electrons. The van der Waals surface area contributed by atoms with Crippen LogP contribution in [0.25, 0.3) is 0 Å². The van der Waals surface area contributed by atoms with Crippen LogP contribution in [0.1, 0.15) is 43.9 Å². The highest BCUT2D eigenvalue weighted by molar-refractivity contribution is 7.80. The molecule has 0 aromatic carbocycles. The Morgan fingerprint density at radius 1 is 1.33 bits per heavy atom. The molecule has 0 radical (unpaired) electrons. The van der Waals surface area contributed by atoms with Gasteiger partial charge in [-0.2, -0.15) is 13.2 Å². The molecule has 0 spiro atoms. The molecule has 7 heteroatoms. The van der Waals surface area contributed by atoms with Crippen LogP contribution in [-0.2, 0) is 6.18 Å². The molecule has 1 aliphatic rings. The summed E-state index contributed by atoms with van der Waals surface area (Å²) in [5.74, 6) is 0.158. The normalized spacial score (nSPS) is 22.9. The number of nitrogens with zero attached hydrogens (tertiary/aromatic N) is 1. The van der Waals surface area contributed by atoms with Gasteiger partial charge >= 0.3 is 6.18 Å². The summed E-state index contributed by atoms with van der Waals surface area (Å²) in [6.45, 7) is 2.03. The van der Waals surface area contributed by atoms with Crippen LogP contribution < -0.4 is 10.5 Å². The highest BCUT2D eigenvalue weighted by atomic mass is 32.1. The quantitative estimate of drug-likeness (QED) is 0.864. The summed E-state index contributed by atoms with van der Waals surface area (Å²) < 4.78 is 44.0. The molecule has 1 aromatic heterocycles. The van der Waals surface area contributed by atoms with Crippen LogP contribution in [0.2, 0.25) is 0 Å². The standard InChI is InChI=1S/C14H17F3N2OS/c1-8-4-2-3-5-10(8)20-13-9(12(18)21)6-7-11(19-13)14(15,16)17/h6-8,10H,2-5H2,1H3,(H2,18,21). The van der Waals surface area contributed by atoms with Crippen molar-refractivity contribution in [2.75, 3.05) is 0 Å². The predicted molar refractivity (Wildman–Crippen MR) is 77.2 cm³/mol. The molecule has 0 amide bonds. The fourth-order valence-electron chi connectivity index (χ4n) is 2.48. The minimum Gasteiger partial charge on any atom is -0.474 e. The second-order valence-corrected chi connectivity index (χ2v) is 5.77. The van der Waals surface area contributed by atoms with Gasteiger partial charge in [-0.25, -0.2) is 4.98 Å². The number of pyridine rings is 1. The fraction of sp³-hybridized carbons (Fsp3) is 0.571. The van der Waals surface area contributed by atoms with E-state index in [-0.39, 0.29) is 28.5 Å². The summed E-state index contributed by atoms with van der Waals surface area (Å²) in [7, 11) is 0. The van der Waals surface area contributed by atoms with Gasteiger partial charge in [-0.15, -0.1) is 0 Å². The summed E-state index contributed by atoms with van der Waals surface area (Å²) in [6, 6.07) is 2.09. The molecule has 2 N–H and O–H groups in total. The van der Waals surface area contributed by atoms with Crippen molar-refractivity contribution in [1.29, 1.82) is 0 Å². The molecule has 0 bridgehead atoms. The van der Waals surface area contributed by atoms with Crippen LogP contribution in [0.3, 0.4) is 0 Å². The third-order valence-corrected chi connectivity index (χ3v) is 3.93. The highest BCUT2D eigenvalue weighted by Crippen LogP contribution is 2.33. The number of aromatic nitrogens is 1. The van der Waals surface area contributed by atoms with Crippen LogP contribution in [0.15, 0.2) is 12.1 Å². The Kier molecular flexibility index (Phi) is 4.70.